The number of likely N-dealkylation sites (N-methyl/N-ethyl adjacent to an activating group) is 1. The van der Waals surface area contributed by atoms with Crippen molar-refractivity contribution in [2.24, 2.45) is 4.99 Å². The third-order valence-electron chi connectivity index (χ3n) is 7.21. The van der Waals surface area contributed by atoms with Crippen LogP contribution in [0.2, 0.25) is 0 Å². The quantitative estimate of drug-likeness (QED) is 0.185. The molecule has 232 valence electrons. The molecule has 1 aliphatic rings. The molecular weight excluding hydrogens is 582 g/mol. The Hall–Kier alpha value is -5.76. The van der Waals surface area contributed by atoms with Crippen LogP contribution in [-0.2, 0) is 11.3 Å². The third kappa shape index (κ3) is 6.51. The summed E-state index contributed by atoms with van der Waals surface area (Å²) in [6.07, 6.45) is 0. The maximum atomic E-state index is 13.2. The Morgan fingerprint density at radius 1 is 0.978 bits per heavy atom. The molecule has 0 spiro atoms. The SMILES string of the molecule is Cc1nc2c(Oc3cc(C#N)ccc3C(=O)OC(C)(C)C)nc(Oc3cccc(C4=NCCN4C)c3)nc2n1Cc1ccccc1. The normalized spacial score (nSPS) is 13.0. The number of carbonyl (C=O) groups excluding carboxylic acids is 1. The minimum absolute atomic E-state index is 0.0193. The summed E-state index contributed by atoms with van der Waals surface area (Å²) in [5, 5.41) is 9.63. The van der Waals surface area contributed by atoms with Crippen LogP contribution in [0.25, 0.3) is 11.2 Å². The second-order valence-electron chi connectivity index (χ2n) is 11.9. The zero-order valence-electron chi connectivity index (χ0n) is 26.3. The summed E-state index contributed by atoms with van der Waals surface area (Å²) >= 11 is 0. The Morgan fingerprint density at radius 3 is 2.50 bits per heavy atom. The summed E-state index contributed by atoms with van der Waals surface area (Å²) in [4.78, 5) is 34.1. The number of imidazole rings is 1. The standard InChI is InChI=1S/C35H33N7O4/c1-22-38-29-31(42(22)21-23-10-7-6-8-11-23)39-34(44-26-13-9-12-25(19-26)30-37-16-17-41(30)5)40-32(29)45-28-18-24(20-36)14-15-27(28)33(43)46-35(2,3)4/h6-15,18-19H,16-17,21H2,1-5H3. The molecule has 3 heterocycles. The van der Waals surface area contributed by atoms with Crippen LogP contribution in [-0.4, -0.2) is 62.0 Å². The third-order valence-corrected chi connectivity index (χ3v) is 7.21. The highest BCUT2D eigenvalue weighted by Crippen LogP contribution is 2.34. The summed E-state index contributed by atoms with van der Waals surface area (Å²) in [6, 6.07) is 24.2. The van der Waals surface area contributed by atoms with Gasteiger partial charge in [0, 0.05) is 19.2 Å². The van der Waals surface area contributed by atoms with Gasteiger partial charge in [0.05, 0.1) is 24.7 Å². The first-order valence-electron chi connectivity index (χ1n) is 14.9. The van der Waals surface area contributed by atoms with Gasteiger partial charge in [-0.2, -0.15) is 15.2 Å². The van der Waals surface area contributed by atoms with Gasteiger partial charge in [-0.25, -0.2) is 9.78 Å². The van der Waals surface area contributed by atoms with Crippen LogP contribution in [0.3, 0.4) is 0 Å². The number of hydrogen-bond donors (Lipinski definition) is 0. The molecule has 0 aliphatic carbocycles. The number of ether oxygens (including phenoxy) is 3. The van der Waals surface area contributed by atoms with Crippen LogP contribution < -0.4 is 9.47 Å². The molecule has 46 heavy (non-hydrogen) atoms. The van der Waals surface area contributed by atoms with E-state index in [1.54, 1.807) is 20.8 Å². The number of nitriles is 1. The average molecular weight is 616 g/mol. The second kappa shape index (κ2) is 12.3. The highest BCUT2D eigenvalue weighted by atomic mass is 16.6. The van der Waals surface area contributed by atoms with E-state index in [2.05, 4.69) is 20.9 Å². The monoisotopic (exact) mass is 615 g/mol. The largest absolute Gasteiger partial charge is 0.456 e. The van der Waals surface area contributed by atoms with Crippen molar-refractivity contribution in [3.05, 3.63) is 101 Å². The van der Waals surface area contributed by atoms with E-state index in [1.165, 1.54) is 18.2 Å². The van der Waals surface area contributed by atoms with Gasteiger partial charge in [-0.15, -0.1) is 0 Å². The molecule has 0 unspecified atom stereocenters. The fourth-order valence-corrected chi connectivity index (χ4v) is 5.07. The van der Waals surface area contributed by atoms with Crippen LogP contribution in [0.15, 0.2) is 77.8 Å². The Morgan fingerprint density at radius 2 is 1.78 bits per heavy atom. The summed E-state index contributed by atoms with van der Waals surface area (Å²) in [5.41, 5.74) is 2.50. The van der Waals surface area contributed by atoms with Crippen LogP contribution >= 0.6 is 0 Å². The van der Waals surface area contributed by atoms with E-state index >= 15 is 0 Å². The molecule has 3 aromatic carbocycles. The first-order chi connectivity index (χ1) is 22.1. The highest BCUT2D eigenvalue weighted by molar-refractivity contribution is 6.00. The number of fused-ring (bicyclic) bond motifs is 1. The molecule has 0 atom stereocenters. The van der Waals surface area contributed by atoms with Gasteiger partial charge >= 0.3 is 12.0 Å². The summed E-state index contributed by atoms with van der Waals surface area (Å²) < 4.78 is 20.1. The summed E-state index contributed by atoms with van der Waals surface area (Å²) in [5.74, 6) is 1.63. The van der Waals surface area contributed by atoms with Gasteiger partial charge in [0.2, 0.25) is 0 Å². The molecule has 11 nitrogen and oxygen atoms in total. The lowest BCUT2D eigenvalue weighted by atomic mass is 10.1. The van der Waals surface area contributed by atoms with Crippen molar-refractivity contribution in [3.63, 3.8) is 0 Å². The van der Waals surface area contributed by atoms with Crippen molar-refractivity contribution >= 4 is 23.0 Å². The molecule has 11 heteroatoms. The van der Waals surface area contributed by atoms with Gasteiger partial charge in [-0.3, -0.25) is 4.99 Å². The van der Waals surface area contributed by atoms with Gasteiger partial charge in [-0.05, 0) is 63.6 Å². The first kappa shape index (κ1) is 30.3. The van der Waals surface area contributed by atoms with E-state index in [-0.39, 0.29) is 23.2 Å². The van der Waals surface area contributed by atoms with Gasteiger partial charge in [0.25, 0.3) is 5.88 Å². The molecule has 6 rings (SSSR count). The van der Waals surface area contributed by atoms with Crippen LogP contribution in [0.4, 0.5) is 0 Å². The molecule has 0 saturated heterocycles. The van der Waals surface area contributed by atoms with Crippen molar-refractivity contribution in [2.45, 2.75) is 39.8 Å². The average Bonchev–Trinajstić information content (AvgIpc) is 3.59. The molecule has 0 N–H and O–H groups in total. The van der Waals surface area contributed by atoms with Gasteiger partial charge in [0.15, 0.2) is 11.2 Å². The smallest absolute Gasteiger partial charge is 0.342 e. The van der Waals surface area contributed by atoms with Crippen LogP contribution in [0, 0.1) is 18.3 Å². The van der Waals surface area contributed by atoms with E-state index in [0.717, 1.165) is 30.1 Å². The Bertz CT molecular complexity index is 2010. The number of amidine groups is 1. The van der Waals surface area contributed by atoms with Crippen molar-refractivity contribution in [3.8, 4) is 29.5 Å². The summed E-state index contributed by atoms with van der Waals surface area (Å²) in [7, 11) is 2.00. The molecule has 5 aromatic rings. The lowest BCUT2D eigenvalue weighted by molar-refractivity contribution is 0.00671. The molecule has 0 saturated carbocycles. The molecule has 0 radical (unpaired) electrons. The van der Waals surface area contributed by atoms with E-state index in [4.69, 9.17) is 24.2 Å². The fourth-order valence-electron chi connectivity index (χ4n) is 5.07. The predicted molar refractivity (Wildman–Crippen MR) is 173 cm³/mol. The van der Waals surface area contributed by atoms with Crippen LogP contribution in [0.5, 0.6) is 23.4 Å². The van der Waals surface area contributed by atoms with Crippen molar-refractivity contribution in [2.75, 3.05) is 20.1 Å². The van der Waals surface area contributed by atoms with E-state index in [1.807, 2.05) is 73.1 Å². The van der Waals surface area contributed by atoms with Crippen molar-refractivity contribution < 1.29 is 19.0 Å². The number of benzene rings is 3. The van der Waals surface area contributed by atoms with Crippen molar-refractivity contribution in [1.29, 1.82) is 5.26 Å². The lowest BCUT2D eigenvalue weighted by Gasteiger charge is -2.20. The Labute approximate surface area is 266 Å². The zero-order chi connectivity index (χ0) is 32.4. The van der Waals surface area contributed by atoms with Gasteiger partial charge in [-0.1, -0.05) is 42.5 Å². The first-order valence-corrected chi connectivity index (χ1v) is 14.9. The van der Waals surface area contributed by atoms with Crippen LogP contribution in [0.1, 0.15) is 53.6 Å². The number of aromatic nitrogens is 4. The molecule has 0 fully saturated rings. The van der Waals surface area contributed by atoms with Crippen molar-refractivity contribution in [1.82, 2.24) is 24.4 Å². The Kier molecular flexibility index (Phi) is 8.11. The molecule has 0 amide bonds. The van der Waals surface area contributed by atoms with Gasteiger partial charge in [0.1, 0.15) is 34.3 Å². The number of aryl methyl sites for hydroxylation is 1. The van der Waals surface area contributed by atoms with E-state index in [9.17, 15) is 10.1 Å². The number of nitrogens with zero attached hydrogens (tertiary/aromatic N) is 7. The minimum atomic E-state index is -0.744. The molecular formula is C35H33N7O4. The number of esters is 1. The molecule has 0 bridgehead atoms. The second-order valence-corrected chi connectivity index (χ2v) is 11.9. The highest BCUT2D eigenvalue weighted by Gasteiger charge is 2.25. The fraction of sp³-hybridized carbons (Fsp3) is 0.257. The lowest BCUT2D eigenvalue weighted by Crippen LogP contribution is -2.24. The number of aliphatic imine (C=N–C) groups is 1. The maximum Gasteiger partial charge on any atom is 0.342 e. The molecule has 1 aliphatic heterocycles. The number of rotatable bonds is 8. The summed E-state index contributed by atoms with van der Waals surface area (Å²) in [6.45, 7) is 9.29. The number of carbonyl (C=O) groups is 1. The topological polar surface area (TPSA) is 128 Å². The number of hydrogen-bond acceptors (Lipinski definition) is 10. The van der Waals surface area contributed by atoms with E-state index in [0.29, 0.717) is 34.8 Å². The van der Waals surface area contributed by atoms with Gasteiger partial charge < -0.3 is 23.7 Å². The van der Waals surface area contributed by atoms with E-state index < -0.39 is 11.6 Å². The zero-order valence-corrected chi connectivity index (χ0v) is 26.3. The maximum absolute atomic E-state index is 13.2. The predicted octanol–water partition coefficient (Wildman–Crippen LogP) is 6.29. The molecule has 2 aromatic heterocycles. The Balaban J connectivity index is 1.45. The minimum Gasteiger partial charge on any atom is -0.456 e.